The molecule has 0 bridgehead atoms. The average molecular weight is 222 g/mol. The molecule has 1 N–H and O–H groups in total. The molecule has 0 unspecified atom stereocenters. The normalized spacial score (nSPS) is 31.1. The van der Waals surface area contributed by atoms with E-state index in [1.165, 1.54) is 0 Å². The summed E-state index contributed by atoms with van der Waals surface area (Å²) < 4.78 is 11.3. The third-order valence-corrected chi connectivity index (χ3v) is 3.30. The zero-order chi connectivity index (χ0) is 9.15. The lowest BCUT2D eigenvalue weighted by atomic mass is 9.84. The molecule has 2 saturated heterocycles. The van der Waals surface area contributed by atoms with Crippen LogP contribution >= 0.6 is 12.4 Å². The van der Waals surface area contributed by atoms with Crippen LogP contribution in [0.2, 0.25) is 0 Å². The lowest BCUT2D eigenvalue weighted by Crippen LogP contribution is -2.49. The Morgan fingerprint density at radius 1 is 1.36 bits per heavy atom. The molecule has 0 radical (unpaired) electrons. The number of piperidine rings is 1. The van der Waals surface area contributed by atoms with Crippen molar-refractivity contribution in [3.05, 3.63) is 0 Å². The predicted octanol–water partition coefficient (Wildman–Crippen LogP) is 1.36. The highest BCUT2D eigenvalue weighted by atomic mass is 35.5. The molecule has 0 aromatic heterocycles. The van der Waals surface area contributed by atoms with Crippen LogP contribution in [0.1, 0.15) is 25.7 Å². The molecule has 1 atom stereocenters. The number of halogens is 1. The fourth-order valence-corrected chi connectivity index (χ4v) is 2.41. The van der Waals surface area contributed by atoms with E-state index in [9.17, 15) is 0 Å². The van der Waals surface area contributed by atoms with Crippen molar-refractivity contribution in [3.8, 4) is 0 Å². The summed E-state index contributed by atoms with van der Waals surface area (Å²) in [6.45, 7) is 3.06. The van der Waals surface area contributed by atoms with Crippen LogP contribution in [0.15, 0.2) is 0 Å². The average Bonchev–Trinajstić information content (AvgIpc) is 2.19. The molecule has 2 heterocycles. The molecule has 4 heteroatoms. The van der Waals surface area contributed by atoms with Crippen LogP contribution in [-0.4, -0.2) is 38.5 Å². The van der Waals surface area contributed by atoms with E-state index in [-0.39, 0.29) is 18.0 Å². The number of rotatable bonds is 1. The maximum Gasteiger partial charge on any atom is 0.0731 e. The Morgan fingerprint density at radius 2 is 2.07 bits per heavy atom. The molecule has 0 aromatic carbocycles. The molecule has 2 aliphatic heterocycles. The number of ether oxygens (including phenoxy) is 2. The van der Waals surface area contributed by atoms with Crippen molar-refractivity contribution in [2.45, 2.75) is 37.4 Å². The maximum absolute atomic E-state index is 5.92. The summed E-state index contributed by atoms with van der Waals surface area (Å²) in [6, 6.07) is 0. The lowest BCUT2D eigenvalue weighted by molar-refractivity contribution is -0.138. The molecular formula is C10H20ClNO2. The van der Waals surface area contributed by atoms with Crippen molar-refractivity contribution in [1.82, 2.24) is 5.32 Å². The van der Waals surface area contributed by atoms with Crippen LogP contribution in [0, 0.1) is 0 Å². The van der Waals surface area contributed by atoms with Gasteiger partial charge in [-0.1, -0.05) is 0 Å². The molecule has 3 nitrogen and oxygen atoms in total. The van der Waals surface area contributed by atoms with E-state index in [1.807, 2.05) is 7.11 Å². The van der Waals surface area contributed by atoms with E-state index in [0.29, 0.717) is 6.10 Å². The van der Waals surface area contributed by atoms with Gasteiger partial charge in [-0.15, -0.1) is 12.4 Å². The Hall–Kier alpha value is 0.170. The SMILES string of the molecule is CO[C@H]1CCOC2(CCNCC2)C1.Cl. The van der Waals surface area contributed by atoms with Crippen LogP contribution in [0.5, 0.6) is 0 Å². The van der Waals surface area contributed by atoms with E-state index in [2.05, 4.69) is 5.32 Å². The van der Waals surface area contributed by atoms with Gasteiger partial charge in [0.1, 0.15) is 0 Å². The highest BCUT2D eigenvalue weighted by Crippen LogP contribution is 2.33. The van der Waals surface area contributed by atoms with Gasteiger partial charge in [0.05, 0.1) is 11.7 Å². The van der Waals surface area contributed by atoms with Crippen LogP contribution in [0.4, 0.5) is 0 Å². The Kier molecular flexibility index (Phi) is 4.64. The molecular weight excluding hydrogens is 202 g/mol. The molecule has 84 valence electrons. The van der Waals surface area contributed by atoms with E-state index >= 15 is 0 Å². The van der Waals surface area contributed by atoms with Gasteiger partial charge in [-0.05, 0) is 32.4 Å². The van der Waals surface area contributed by atoms with Gasteiger partial charge in [0.15, 0.2) is 0 Å². The summed E-state index contributed by atoms with van der Waals surface area (Å²) in [5.74, 6) is 0. The number of methoxy groups -OCH3 is 1. The Balaban J connectivity index is 0.000000980. The Labute approximate surface area is 91.9 Å². The van der Waals surface area contributed by atoms with Gasteiger partial charge >= 0.3 is 0 Å². The topological polar surface area (TPSA) is 30.5 Å². The van der Waals surface area contributed by atoms with E-state index < -0.39 is 0 Å². The molecule has 2 rings (SSSR count). The molecule has 0 aromatic rings. The second-order valence-corrected chi connectivity index (χ2v) is 4.13. The molecule has 0 aliphatic carbocycles. The number of nitrogens with one attached hydrogen (secondary N) is 1. The zero-order valence-electron chi connectivity index (χ0n) is 8.75. The quantitative estimate of drug-likeness (QED) is 0.725. The fourth-order valence-electron chi connectivity index (χ4n) is 2.41. The van der Waals surface area contributed by atoms with Gasteiger partial charge in [-0.2, -0.15) is 0 Å². The predicted molar refractivity (Wildman–Crippen MR) is 58.1 cm³/mol. The minimum absolute atomic E-state index is 0. The smallest absolute Gasteiger partial charge is 0.0731 e. The van der Waals surface area contributed by atoms with Gasteiger partial charge in [0, 0.05) is 20.1 Å². The van der Waals surface area contributed by atoms with Crippen molar-refractivity contribution in [2.75, 3.05) is 26.8 Å². The van der Waals surface area contributed by atoms with Crippen molar-refractivity contribution >= 4 is 12.4 Å². The second-order valence-electron chi connectivity index (χ2n) is 4.13. The monoisotopic (exact) mass is 221 g/mol. The summed E-state index contributed by atoms with van der Waals surface area (Å²) >= 11 is 0. The van der Waals surface area contributed by atoms with Crippen LogP contribution in [0.3, 0.4) is 0 Å². The minimum Gasteiger partial charge on any atom is -0.381 e. The minimum atomic E-state index is 0. The van der Waals surface area contributed by atoms with Gasteiger partial charge in [-0.25, -0.2) is 0 Å². The summed E-state index contributed by atoms with van der Waals surface area (Å²) in [5.41, 5.74) is 0.143. The fraction of sp³-hybridized carbons (Fsp3) is 1.00. The summed E-state index contributed by atoms with van der Waals surface area (Å²) in [4.78, 5) is 0. The van der Waals surface area contributed by atoms with E-state index in [0.717, 1.165) is 45.4 Å². The van der Waals surface area contributed by atoms with Crippen molar-refractivity contribution < 1.29 is 9.47 Å². The maximum atomic E-state index is 5.92. The second kappa shape index (κ2) is 5.31. The van der Waals surface area contributed by atoms with Crippen LogP contribution < -0.4 is 5.32 Å². The Morgan fingerprint density at radius 3 is 2.71 bits per heavy atom. The van der Waals surface area contributed by atoms with Crippen LogP contribution in [0.25, 0.3) is 0 Å². The first-order valence-electron chi connectivity index (χ1n) is 5.22. The van der Waals surface area contributed by atoms with Crippen LogP contribution in [-0.2, 0) is 9.47 Å². The van der Waals surface area contributed by atoms with E-state index in [4.69, 9.17) is 9.47 Å². The standard InChI is InChI=1S/C10H19NO2.ClH/c1-12-9-2-7-13-10(8-9)3-5-11-6-4-10;/h9,11H,2-8H2,1H3;1H/t9-;/m0./s1. The van der Waals surface area contributed by atoms with Gasteiger partial charge in [-0.3, -0.25) is 0 Å². The first kappa shape index (κ1) is 12.2. The van der Waals surface area contributed by atoms with E-state index in [1.54, 1.807) is 0 Å². The van der Waals surface area contributed by atoms with Crippen molar-refractivity contribution in [3.63, 3.8) is 0 Å². The molecule has 0 saturated carbocycles. The highest BCUT2D eigenvalue weighted by Gasteiger charge is 2.38. The van der Waals surface area contributed by atoms with Gasteiger partial charge in [0.2, 0.25) is 0 Å². The van der Waals surface area contributed by atoms with Gasteiger partial charge < -0.3 is 14.8 Å². The summed E-state index contributed by atoms with van der Waals surface area (Å²) in [7, 11) is 1.81. The third-order valence-electron chi connectivity index (χ3n) is 3.30. The van der Waals surface area contributed by atoms with Gasteiger partial charge in [0.25, 0.3) is 0 Å². The first-order valence-corrected chi connectivity index (χ1v) is 5.22. The highest BCUT2D eigenvalue weighted by molar-refractivity contribution is 5.85. The van der Waals surface area contributed by atoms with Crippen molar-refractivity contribution in [2.24, 2.45) is 0 Å². The lowest BCUT2D eigenvalue weighted by Gasteiger charge is -2.43. The largest absolute Gasteiger partial charge is 0.381 e. The third kappa shape index (κ3) is 2.60. The zero-order valence-corrected chi connectivity index (χ0v) is 9.57. The summed E-state index contributed by atoms with van der Waals surface area (Å²) in [6.07, 6.45) is 4.86. The first-order chi connectivity index (χ1) is 6.35. The molecule has 1 spiro atoms. The molecule has 2 fully saturated rings. The van der Waals surface area contributed by atoms with Crippen molar-refractivity contribution in [1.29, 1.82) is 0 Å². The number of hydrogen-bond acceptors (Lipinski definition) is 3. The molecule has 2 aliphatic rings. The molecule has 0 amide bonds. The Bertz CT molecular complexity index is 166. The summed E-state index contributed by atoms with van der Waals surface area (Å²) in [5, 5.41) is 3.37. The molecule has 14 heavy (non-hydrogen) atoms. The number of hydrogen-bond donors (Lipinski definition) is 1.